The first kappa shape index (κ1) is 8.97. The van der Waals surface area contributed by atoms with Crippen molar-refractivity contribution < 1.29 is 0 Å². The van der Waals surface area contributed by atoms with Crippen LogP contribution in [0.1, 0.15) is 27.2 Å². The Morgan fingerprint density at radius 3 is 2.77 bits per heavy atom. The Morgan fingerprint density at radius 1 is 1.38 bits per heavy atom. The van der Waals surface area contributed by atoms with Crippen molar-refractivity contribution in [3.05, 3.63) is 0 Å². The van der Waals surface area contributed by atoms with E-state index in [2.05, 4.69) is 41.9 Å². The van der Waals surface area contributed by atoms with Crippen LogP contribution in [0, 0.1) is 5.41 Å². The van der Waals surface area contributed by atoms with Crippen molar-refractivity contribution in [1.82, 2.24) is 16.2 Å². The van der Waals surface area contributed by atoms with Crippen molar-refractivity contribution in [3.63, 3.8) is 0 Å². The summed E-state index contributed by atoms with van der Waals surface area (Å²) in [7, 11) is 0. The van der Waals surface area contributed by atoms with Gasteiger partial charge in [0.2, 0.25) is 0 Å². The average Bonchev–Trinajstić information content (AvgIpc) is 2.45. The highest BCUT2D eigenvalue weighted by atomic mass is 15.5. The first-order chi connectivity index (χ1) is 6.07. The predicted molar refractivity (Wildman–Crippen MR) is 53.4 cm³/mol. The Kier molecular flexibility index (Phi) is 2.04. The molecule has 13 heavy (non-hydrogen) atoms. The zero-order valence-electron chi connectivity index (χ0n) is 8.52. The lowest BCUT2D eigenvalue weighted by Gasteiger charge is -2.26. The fraction of sp³-hybridized carbons (Fsp3) is 0.889. The zero-order chi connectivity index (χ0) is 9.47. The average molecular weight is 182 g/mol. The summed E-state index contributed by atoms with van der Waals surface area (Å²) in [6, 6.07) is 0.482. The van der Waals surface area contributed by atoms with Gasteiger partial charge in [0.25, 0.3) is 0 Å². The quantitative estimate of drug-likeness (QED) is 0.502. The number of hydrogen-bond acceptors (Lipinski definition) is 4. The lowest BCUT2D eigenvalue weighted by atomic mass is 9.95. The second-order valence-electron chi connectivity index (χ2n) is 4.78. The van der Waals surface area contributed by atoms with Gasteiger partial charge in [0.15, 0.2) is 0 Å². The number of nitrogens with zero attached hydrogens (tertiary/aromatic N) is 1. The Hall–Kier alpha value is -0.610. The molecule has 0 aromatic heterocycles. The maximum Gasteiger partial charge on any atom is 0.134 e. The molecule has 2 unspecified atom stereocenters. The van der Waals surface area contributed by atoms with E-state index < -0.39 is 0 Å². The number of hydrogen-bond donors (Lipinski definition) is 3. The van der Waals surface area contributed by atoms with Crippen molar-refractivity contribution >= 4 is 5.84 Å². The lowest BCUT2D eigenvalue weighted by Crippen LogP contribution is -2.54. The van der Waals surface area contributed by atoms with Gasteiger partial charge in [-0.2, -0.15) is 0 Å². The van der Waals surface area contributed by atoms with Gasteiger partial charge in [-0.3, -0.25) is 5.43 Å². The smallest absolute Gasteiger partial charge is 0.134 e. The fourth-order valence-corrected chi connectivity index (χ4v) is 1.70. The summed E-state index contributed by atoms with van der Waals surface area (Å²) in [5, 5.41) is 3.48. The van der Waals surface area contributed by atoms with Crippen LogP contribution in [0.4, 0.5) is 0 Å². The molecule has 2 atom stereocenters. The van der Waals surface area contributed by atoms with E-state index in [9.17, 15) is 0 Å². The van der Waals surface area contributed by atoms with E-state index in [0.29, 0.717) is 6.04 Å². The summed E-state index contributed by atoms with van der Waals surface area (Å²) < 4.78 is 0. The van der Waals surface area contributed by atoms with Crippen molar-refractivity contribution in [3.8, 4) is 0 Å². The SMILES string of the molecule is CC(C)(C)C1=NC2NNCCC2N1. The molecule has 0 aromatic rings. The van der Waals surface area contributed by atoms with E-state index in [4.69, 9.17) is 0 Å². The summed E-state index contributed by atoms with van der Waals surface area (Å²) in [5.74, 6) is 1.12. The third kappa shape index (κ3) is 1.69. The van der Waals surface area contributed by atoms with Gasteiger partial charge in [0.05, 0.1) is 6.04 Å². The molecule has 2 aliphatic heterocycles. The molecule has 0 spiro atoms. The number of amidine groups is 1. The highest BCUT2D eigenvalue weighted by Gasteiger charge is 2.34. The van der Waals surface area contributed by atoms with Crippen molar-refractivity contribution in [2.24, 2.45) is 10.4 Å². The van der Waals surface area contributed by atoms with Crippen LogP contribution < -0.4 is 16.2 Å². The van der Waals surface area contributed by atoms with Crippen LogP contribution in [0.25, 0.3) is 0 Å². The molecule has 0 bridgehead atoms. The second-order valence-corrected chi connectivity index (χ2v) is 4.78. The van der Waals surface area contributed by atoms with Gasteiger partial charge in [-0.05, 0) is 6.42 Å². The number of hydrazine groups is 1. The first-order valence-corrected chi connectivity index (χ1v) is 4.90. The van der Waals surface area contributed by atoms with Gasteiger partial charge in [-0.1, -0.05) is 20.8 Å². The van der Waals surface area contributed by atoms with Gasteiger partial charge in [-0.25, -0.2) is 10.4 Å². The topological polar surface area (TPSA) is 48.5 Å². The highest BCUT2D eigenvalue weighted by molar-refractivity contribution is 5.89. The monoisotopic (exact) mass is 182 g/mol. The largest absolute Gasteiger partial charge is 0.367 e. The van der Waals surface area contributed by atoms with Gasteiger partial charge < -0.3 is 5.32 Å². The van der Waals surface area contributed by atoms with Crippen LogP contribution in [-0.2, 0) is 0 Å². The van der Waals surface area contributed by atoms with Crippen LogP contribution in [0.15, 0.2) is 4.99 Å². The van der Waals surface area contributed by atoms with E-state index in [-0.39, 0.29) is 11.6 Å². The standard InChI is InChI=1S/C9H18N4/c1-9(2,3)8-11-6-4-5-10-13-7(6)12-8/h6-7,10,13H,4-5H2,1-3H3,(H,11,12). The molecule has 1 saturated heterocycles. The molecule has 3 N–H and O–H groups in total. The molecule has 0 aromatic carbocycles. The predicted octanol–water partition coefficient (Wildman–Crippen LogP) is 0.227. The van der Waals surface area contributed by atoms with Crippen LogP contribution in [-0.4, -0.2) is 24.6 Å². The van der Waals surface area contributed by atoms with Crippen LogP contribution in [0.2, 0.25) is 0 Å². The molecule has 74 valence electrons. The highest BCUT2D eigenvalue weighted by Crippen LogP contribution is 2.21. The van der Waals surface area contributed by atoms with E-state index >= 15 is 0 Å². The van der Waals surface area contributed by atoms with Gasteiger partial charge in [0.1, 0.15) is 12.0 Å². The van der Waals surface area contributed by atoms with Crippen molar-refractivity contribution in [2.45, 2.75) is 39.4 Å². The molecular formula is C9H18N4. The Bertz CT molecular complexity index is 228. The molecule has 4 heteroatoms. The molecular weight excluding hydrogens is 164 g/mol. The Morgan fingerprint density at radius 2 is 2.15 bits per heavy atom. The molecule has 2 aliphatic rings. The number of fused-ring (bicyclic) bond motifs is 1. The van der Waals surface area contributed by atoms with Gasteiger partial charge in [0, 0.05) is 12.0 Å². The summed E-state index contributed by atoms with van der Waals surface area (Å²) >= 11 is 0. The molecule has 2 heterocycles. The minimum Gasteiger partial charge on any atom is -0.367 e. The molecule has 4 nitrogen and oxygen atoms in total. The van der Waals surface area contributed by atoms with Gasteiger partial charge >= 0.3 is 0 Å². The third-order valence-corrected chi connectivity index (χ3v) is 2.51. The zero-order valence-corrected chi connectivity index (χ0v) is 8.52. The van der Waals surface area contributed by atoms with E-state index in [1.165, 1.54) is 0 Å². The van der Waals surface area contributed by atoms with Gasteiger partial charge in [-0.15, -0.1) is 0 Å². The minimum absolute atomic E-state index is 0.138. The molecule has 1 fully saturated rings. The Balaban J connectivity index is 2.09. The molecule has 0 aliphatic carbocycles. The van der Waals surface area contributed by atoms with Crippen molar-refractivity contribution in [2.75, 3.05) is 6.54 Å². The molecule has 0 saturated carbocycles. The lowest BCUT2D eigenvalue weighted by molar-refractivity contribution is 0.312. The van der Waals surface area contributed by atoms with E-state index in [0.717, 1.165) is 18.8 Å². The van der Waals surface area contributed by atoms with Crippen LogP contribution >= 0.6 is 0 Å². The number of rotatable bonds is 0. The van der Waals surface area contributed by atoms with Crippen LogP contribution in [0.3, 0.4) is 0 Å². The normalized spacial score (nSPS) is 33.6. The first-order valence-electron chi connectivity index (χ1n) is 4.90. The summed E-state index contributed by atoms with van der Waals surface area (Å²) in [6.45, 7) is 7.57. The number of nitrogens with one attached hydrogen (secondary N) is 3. The summed E-state index contributed by atoms with van der Waals surface area (Å²) in [4.78, 5) is 4.61. The minimum atomic E-state index is 0.138. The molecule has 0 amide bonds. The summed E-state index contributed by atoms with van der Waals surface area (Å²) in [5.41, 5.74) is 6.45. The van der Waals surface area contributed by atoms with E-state index in [1.54, 1.807) is 0 Å². The fourth-order valence-electron chi connectivity index (χ4n) is 1.70. The number of aliphatic imine (C=N–C) groups is 1. The van der Waals surface area contributed by atoms with Crippen LogP contribution in [0.5, 0.6) is 0 Å². The molecule has 0 radical (unpaired) electrons. The maximum atomic E-state index is 4.61. The second kappa shape index (κ2) is 2.96. The molecule has 2 rings (SSSR count). The Labute approximate surface area is 79.2 Å². The van der Waals surface area contributed by atoms with Crippen molar-refractivity contribution in [1.29, 1.82) is 0 Å². The summed E-state index contributed by atoms with van der Waals surface area (Å²) in [6.07, 6.45) is 1.36. The maximum absolute atomic E-state index is 4.61. The third-order valence-electron chi connectivity index (χ3n) is 2.51. The van der Waals surface area contributed by atoms with E-state index in [1.807, 2.05) is 0 Å².